The molecule has 5 rings (SSSR count). The maximum absolute atomic E-state index is 13.1. The third-order valence-electron chi connectivity index (χ3n) is 6.38. The zero-order valence-corrected chi connectivity index (χ0v) is 23.3. The van der Waals surface area contributed by atoms with Crippen LogP contribution in [0.15, 0.2) is 59.3 Å². The number of nitrogens with zero attached hydrogens (tertiary/aromatic N) is 6. The number of benzene rings is 1. The first-order valence-electron chi connectivity index (χ1n) is 12.6. The molecule has 10 nitrogen and oxygen atoms in total. The minimum absolute atomic E-state index is 0.110. The number of amides is 1. The highest BCUT2D eigenvalue weighted by molar-refractivity contribution is 7.98. The van der Waals surface area contributed by atoms with Crippen LogP contribution in [0.4, 0.5) is 0 Å². The van der Waals surface area contributed by atoms with E-state index in [2.05, 4.69) is 20.2 Å². The van der Waals surface area contributed by atoms with Gasteiger partial charge in [0, 0.05) is 36.4 Å². The molecule has 1 aliphatic rings. The van der Waals surface area contributed by atoms with E-state index < -0.39 is 0 Å². The number of ether oxygens (including phenoxy) is 2. The molecule has 1 aliphatic heterocycles. The molecule has 0 atom stereocenters. The van der Waals surface area contributed by atoms with Crippen LogP contribution in [0.2, 0.25) is 0 Å². The maximum Gasteiger partial charge on any atom is 0.309 e. The van der Waals surface area contributed by atoms with Gasteiger partial charge in [-0.2, -0.15) is 0 Å². The van der Waals surface area contributed by atoms with Crippen LogP contribution in [0.1, 0.15) is 35.3 Å². The second-order valence-electron chi connectivity index (χ2n) is 8.79. The normalized spacial score (nSPS) is 13.8. The Morgan fingerprint density at radius 3 is 2.69 bits per heavy atom. The molecule has 39 heavy (non-hydrogen) atoms. The van der Waals surface area contributed by atoms with Gasteiger partial charge in [0.15, 0.2) is 11.0 Å². The predicted molar refractivity (Wildman–Crippen MR) is 148 cm³/mol. The van der Waals surface area contributed by atoms with E-state index in [1.54, 1.807) is 36.7 Å². The number of thiazole rings is 1. The third-order valence-corrected chi connectivity index (χ3v) is 8.35. The maximum atomic E-state index is 13.1. The first-order chi connectivity index (χ1) is 19.1. The molecule has 0 aliphatic carbocycles. The van der Waals surface area contributed by atoms with Crippen LogP contribution in [0, 0.1) is 5.92 Å². The van der Waals surface area contributed by atoms with Crippen LogP contribution in [-0.4, -0.2) is 68.3 Å². The number of piperidine rings is 1. The summed E-state index contributed by atoms with van der Waals surface area (Å²) in [6.45, 7) is 3.21. The third kappa shape index (κ3) is 5.96. The van der Waals surface area contributed by atoms with Gasteiger partial charge in [-0.3, -0.25) is 19.1 Å². The van der Waals surface area contributed by atoms with Crippen LogP contribution in [0.25, 0.3) is 17.1 Å². The van der Waals surface area contributed by atoms with Crippen molar-refractivity contribution in [1.82, 2.24) is 29.6 Å². The number of rotatable bonds is 9. The molecule has 1 aromatic carbocycles. The number of carbonyl (C=O) groups excluding carboxylic acids is 2. The summed E-state index contributed by atoms with van der Waals surface area (Å²) < 4.78 is 12.7. The van der Waals surface area contributed by atoms with Gasteiger partial charge in [-0.15, -0.1) is 21.5 Å². The van der Waals surface area contributed by atoms with E-state index in [4.69, 9.17) is 9.47 Å². The summed E-state index contributed by atoms with van der Waals surface area (Å²) in [5.74, 6) is 1.43. The molecule has 202 valence electrons. The minimum Gasteiger partial charge on any atom is -0.495 e. The van der Waals surface area contributed by atoms with Crippen molar-refractivity contribution in [2.24, 2.45) is 5.92 Å². The zero-order valence-electron chi connectivity index (χ0n) is 21.6. The van der Waals surface area contributed by atoms with Gasteiger partial charge in [0.2, 0.25) is 0 Å². The fourth-order valence-electron chi connectivity index (χ4n) is 4.42. The van der Waals surface area contributed by atoms with Gasteiger partial charge >= 0.3 is 5.97 Å². The SMILES string of the molecule is CCOC(=O)C1CCN(C(=O)c2csc(CSc3nnc(-c4cccnc4)n3-c3ccccc3OC)n2)CC1. The minimum atomic E-state index is -0.176. The summed E-state index contributed by atoms with van der Waals surface area (Å²) in [4.78, 5) is 35.7. The van der Waals surface area contributed by atoms with E-state index >= 15 is 0 Å². The summed E-state index contributed by atoms with van der Waals surface area (Å²) in [6, 6.07) is 11.5. The molecule has 1 fully saturated rings. The van der Waals surface area contributed by atoms with E-state index in [1.807, 2.05) is 41.0 Å². The van der Waals surface area contributed by atoms with Crippen LogP contribution in [0.5, 0.6) is 5.75 Å². The average Bonchev–Trinajstić information content (AvgIpc) is 3.64. The van der Waals surface area contributed by atoms with E-state index in [-0.39, 0.29) is 17.8 Å². The first kappa shape index (κ1) is 26.8. The van der Waals surface area contributed by atoms with Gasteiger partial charge in [0.1, 0.15) is 16.5 Å². The Labute approximate surface area is 234 Å². The fraction of sp³-hybridized carbons (Fsp3) is 0.333. The molecular weight excluding hydrogens is 536 g/mol. The summed E-state index contributed by atoms with van der Waals surface area (Å²) in [7, 11) is 1.63. The number of pyridine rings is 1. The Bertz CT molecular complexity index is 1430. The van der Waals surface area contributed by atoms with Gasteiger partial charge in [-0.05, 0) is 44.0 Å². The quantitative estimate of drug-likeness (QED) is 0.214. The van der Waals surface area contributed by atoms with Crippen LogP contribution < -0.4 is 4.74 Å². The number of methoxy groups -OCH3 is 1. The van der Waals surface area contributed by atoms with Crippen molar-refractivity contribution in [3.8, 4) is 22.8 Å². The molecule has 0 N–H and O–H groups in total. The standard InChI is InChI=1S/C27H28N6O4S2/c1-3-37-26(35)18-10-13-32(14-11-18)25(34)20-16-38-23(29-20)17-39-27-31-30-24(19-7-6-12-28-15-19)33(27)21-8-4-5-9-22(21)36-2/h4-9,12,15-16,18H,3,10-11,13-14,17H2,1-2H3. The number of carbonyl (C=O) groups is 2. The zero-order chi connectivity index (χ0) is 27.2. The van der Waals surface area contributed by atoms with Crippen molar-refractivity contribution < 1.29 is 19.1 Å². The lowest BCUT2D eigenvalue weighted by molar-refractivity contribution is -0.149. The van der Waals surface area contributed by atoms with Crippen molar-refractivity contribution in [2.45, 2.75) is 30.7 Å². The van der Waals surface area contributed by atoms with Crippen molar-refractivity contribution >= 4 is 35.0 Å². The lowest BCUT2D eigenvalue weighted by atomic mass is 9.97. The highest BCUT2D eigenvalue weighted by Crippen LogP contribution is 2.34. The second kappa shape index (κ2) is 12.4. The molecule has 3 aromatic heterocycles. The Morgan fingerprint density at radius 2 is 1.95 bits per heavy atom. The summed E-state index contributed by atoms with van der Waals surface area (Å²) in [6.07, 6.45) is 4.68. The van der Waals surface area contributed by atoms with Gasteiger partial charge in [-0.25, -0.2) is 4.98 Å². The van der Waals surface area contributed by atoms with Crippen molar-refractivity contribution in [3.05, 3.63) is 64.9 Å². The number of aromatic nitrogens is 5. The first-order valence-corrected chi connectivity index (χ1v) is 14.5. The highest BCUT2D eigenvalue weighted by Gasteiger charge is 2.29. The molecule has 1 amide bonds. The number of thioether (sulfide) groups is 1. The van der Waals surface area contributed by atoms with E-state index in [0.29, 0.717) is 60.7 Å². The Balaban J connectivity index is 1.30. The smallest absolute Gasteiger partial charge is 0.309 e. The molecule has 0 saturated carbocycles. The molecule has 0 spiro atoms. The molecule has 4 aromatic rings. The number of hydrogen-bond donors (Lipinski definition) is 0. The molecular formula is C27H28N6O4S2. The summed E-state index contributed by atoms with van der Waals surface area (Å²) in [5.41, 5.74) is 2.07. The van der Waals surface area contributed by atoms with Crippen LogP contribution in [0.3, 0.4) is 0 Å². The highest BCUT2D eigenvalue weighted by atomic mass is 32.2. The molecule has 12 heteroatoms. The number of para-hydroxylation sites is 2. The lowest BCUT2D eigenvalue weighted by Crippen LogP contribution is -2.40. The molecule has 0 radical (unpaired) electrons. The summed E-state index contributed by atoms with van der Waals surface area (Å²) >= 11 is 2.92. The topological polar surface area (TPSA) is 112 Å². The van der Waals surface area contributed by atoms with Gasteiger partial charge in [-0.1, -0.05) is 23.9 Å². The van der Waals surface area contributed by atoms with Crippen LogP contribution >= 0.6 is 23.1 Å². The van der Waals surface area contributed by atoms with Crippen molar-refractivity contribution in [2.75, 3.05) is 26.8 Å². The van der Waals surface area contributed by atoms with Crippen molar-refractivity contribution in [3.63, 3.8) is 0 Å². The van der Waals surface area contributed by atoms with Gasteiger partial charge in [0.05, 0.1) is 31.1 Å². The van der Waals surface area contributed by atoms with E-state index in [0.717, 1.165) is 16.3 Å². The Hall–Kier alpha value is -3.77. The number of likely N-dealkylation sites (tertiary alicyclic amines) is 1. The van der Waals surface area contributed by atoms with E-state index in [9.17, 15) is 9.59 Å². The molecule has 0 bridgehead atoms. The largest absolute Gasteiger partial charge is 0.495 e. The molecule has 0 unspecified atom stereocenters. The number of hydrogen-bond acceptors (Lipinski definition) is 10. The van der Waals surface area contributed by atoms with E-state index in [1.165, 1.54) is 23.1 Å². The van der Waals surface area contributed by atoms with Crippen LogP contribution in [-0.2, 0) is 15.3 Å². The molecule has 1 saturated heterocycles. The fourth-order valence-corrected chi connectivity index (χ4v) is 6.15. The Morgan fingerprint density at radius 1 is 1.13 bits per heavy atom. The predicted octanol–water partition coefficient (Wildman–Crippen LogP) is 4.50. The second-order valence-corrected chi connectivity index (χ2v) is 10.7. The molecule has 4 heterocycles. The Kier molecular flexibility index (Phi) is 8.52. The van der Waals surface area contributed by atoms with Gasteiger partial charge in [0.25, 0.3) is 5.91 Å². The summed E-state index contributed by atoms with van der Waals surface area (Å²) in [5, 5.41) is 12.2. The van der Waals surface area contributed by atoms with Crippen molar-refractivity contribution in [1.29, 1.82) is 0 Å². The monoisotopic (exact) mass is 564 g/mol. The lowest BCUT2D eigenvalue weighted by Gasteiger charge is -2.30. The van der Waals surface area contributed by atoms with Gasteiger partial charge < -0.3 is 14.4 Å². The number of esters is 1. The average molecular weight is 565 g/mol.